The highest BCUT2D eigenvalue weighted by atomic mass is 32.1. The van der Waals surface area contributed by atoms with E-state index in [0.29, 0.717) is 36.8 Å². The average molecular weight is 431 g/mol. The van der Waals surface area contributed by atoms with E-state index in [0.717, 1.165) is 12.8 Å². The van der Waals surface area contributed by atoms with E-state index in [-0.39, 0.29) is 23.8 Å². The molecule has 0 aliphatic heterocycles. The minimum Gasteiger partial charge on any atom is -0.490 e. The van der Waals surface area contributed by atoms with Crippen LogP contribution in [0.4, 0.5) is 0 Å². The Hall–Kier alpha value is -2.54. The van der Waals surface area contributed by atoms with Crippen LogP contribution in [0.1, 0.15) is 54.8 Å². The molecule has 0 saturated heterocycles. The molecule has 162 valence electrons. The van der Waals surface area contributed by atoms with Gasteiger partial charge in [0.2, 0.25) is 5.91 Å². The van der Waals surface area contributed by atoms with Gasteiger partial charge in [0.25, 0.3) is 5.91 Å². The van der Waals surface area contributed by atoms with Crippen molar-refractivity contribution in [1.29, 1.82) is 0 Å². The molecule has 1 aliphatic rings. The molecular weight excluding hydrogens is 400 g/mol. The van der Waals surface area contributed by atoms with Crippen LogP contribution in [0.25, 0.3) is 0 Å². The lowest BCUT2D eigenvalue weighted by Gasteiger charge is -2.28. The summed E-state index contributed by atoms with van der Waals surface area (Å²) in [6.07, 6.45) is 4.55. The largest absolute Gasteiger partial charge is 0.490 e. The molecule has 2 amide bonds. The highest BCUT2D eigenvalue weighted by Gasteiger charge is 2.36. The van der Waals surface area contributed by atoms with E-state index in [1.807, 2.05) is 13.8 Å². The van der Waals surface area contributed by atoms with Crippen molar-refractivity contribution >= 4 is 23.2 Å². The number of thiophene rings is 1. The molecule has 1 heterocycles. The molecule has 6 nitrogen and oxygen atoms in total. The van der Waals surface area contributed by atoms with Crippen LogP contribution in [0.15, 0.2) is 35.7 Å². The SMILES string of the molecule is CCOc1ccc(C(=O)NCC(=O)NCC2(c3cccs3)CCCC2)cc1OCC. The molecular formula is C23H30N2O4S. The first-order chi connectivity index (χ1) is 14.6. The van der Waals surface area contributed by atoms with Crippen LogP contribution < -0.4 is 20.1 Å². The second-order valence-electron chi connectivity index (χ2n) is 7.45. The van der Waals surface area contributed by atoms with Crippen LogP contribution in [0.5, 0.6) is 11.5 Å². The number of hydrogen-bond acceptors (Lipinski definition) is 5. The summed E-state index contributed by atoms with van der Waals surface area (Å²) in [5.74, 6) is 0.629. The maximum atomic E-state index is 12.5. The summed E-state index contributed by atoms with van der Waals surface area (Å²) in [7, 11) is 0. The topological polar surface area (TPSA) is 76.7 Å². The van der Waals surface area contributed by atoms with Gasteiger partial charge in [0.1, 0.15) is 0 Å². The third-order valence-electron chi connectivity index (χ3n) is 5.44. The zero-order valence-corrected chi connectivity index (χ0v) is 18.5. The third kappa shape index (κ3) is 5.33. The zero-order valence-electron chi connectivity index (χ0n) is 17.7. The summed E-state index contributed by atoms with van der Waals surface area (Å²) in [5.41, 5.74) is 0.468. The number of carbonyl (C=O) groups excluding carboxylic acids is 2. The van der Waals surface area contributed by atoms with Gasteiger partial charge in [-0.25, -0.2) is 0 Å². The van der Waals surface area contributed by atoms with Crippen LogP contribution in [0, 0.1) is 0 Å². The first-order valence-electron chi connectivity index (χ1n) is 10.6. The van der Waals surface area contributed by atoms with Gasteiger partial charge in [-0.05, 0) is 56.3 Å². The van der Waals surface area contributed by atoms with Gasteiger partial charge in [-0.2, -0.15) is 0 Å². The van der Waals surface area contributed by atoms with Crippen LogP contribution in [-0.2, 0) is 10.2 Å². The standard InChI is InChI=1S/C23H30N2O4S/c1-3-28-18-10-9-17(14-19(18)29-4-2)22(27)24-15-21(26)25-16-23(11-5-6-12-23)20-8-7-13-30-20/h7-10,13-14H,3-6,11-12,15-16H2,1-2H3,(H,24,27)(H,25,26). The zero-order chi connectivity index (χ0) is 21.4. The molecule has 2 aromatic rings. The van der Waals surface area contributed by atoms with E-state index in [9.17, 15) is 9.59 Å². The fraction of sp³-hybridized carbons (Fsp3) is 0.478. The molecule has 1 saturated carbocycles. The monoisotopic (exact) mass is 430 g/mol. The first-order valence-corrected chi connectivity index (χ1v) is 11.4. The van der Waals surface area contributed by atoms with Gasteiger partial charge in [-0.3, -0.25) is 9.59 Å². The maximum absolute atomic E-state index is 12.5. The summed E-state index contributed by atoms with van der Waals surface area (Å²) in [4.78, 5) is 26.2. The summed E-state index contributed by atoms with van der Waals surface area (Å²) in [6.45, 7) is 5.30. The Labute approximate surface area is 182 Å². The van der Waals surface area contributed by atoms with Crippen molar-refractivity contribution in [3.8, 4) is 11.5 Å². The lowest BCUT2D eigenvalue weighted by atomic mass is 9.84. The number of benzene rings is 1. The molecule has 0 spiro atoms. The number of hydrogen-bond donors (Lipinski definition) is 2. The van der Waals surface area contributed by atoms with Crippen molar-refractivity contribution in [2.24, 2.45) is 0 Å². The van der Waals surface area contributed by atoms with Gasteiger partial charge in [0, 0.05) is 22.4 Å². The van der Waals surface area contributed by atoms with E-state index >= 15 is 0 Å². The van der Waals surface area contributed by atoms with Gasteiger partial charge in [-0.15, -0.1) is 11.3 Å². The molecule has 0 radical (unpaired) electrons. The molecule has 0 atom stereocenters. The lowest BCUT2D eigenvalue weighted by Crippen LogP contribution is -2.43. The smallest absolute Gasteiger partial charge is 0.251 e. The number of carbonyl (C=O) groups is 2. The van der Waals surface area contributed by atoms with E-state index in [2.05, 4.69) is 28.1 Å². The predicted octanol–water partition coefficient (Wildman–Crippen LogP) is 3.90. The Morgan fingerprint density at radius 1 is 1.03 bits per heavy atom. The van der Waals surface area contributed by atoms with Gasteiger partial charge >= 0.3 is 0 Å². The summed E-state index contributed by atoms with van der Waals surface area (Å²) < 4.78 is 11.1. The van der Waals surface area contributed by atoms with Gasteiger partial charge in [0.05, 0.1) is 19.8 Å². The first kappa shape index (κ1) is 22.2. The molecule has 1 fully saturated rings. The molecule has 1 aliphatic carbocycles. The number of nitrogens with one attached hydrogen (secondary N) is 2. The van der Waals surface area contributed by atoms with E-state index in [1.165, 1.54) is 17.7 Å². The quantitative estimate of drug-likeness (QED) is 0.599. The minimum atomic E-state index is -0.317. The molecule has 1 aromatic carbocycles. The average Bonchev–Trinajstić information content (AvgIpc) is 3.45. The maximum Gasteiger partial charge on any atom is 0.251 e. The fourth-order valence-corrected chi connectivity index (χ4v) is 4.91. The Morgan fingerprint density at radius 3 is 2.43 bits per heavy atom. The van der Waals surface area contributed by atoms with Crippen LogP contribution >= 0.6 is 11.3 Å². The van der Waals surface area contributed by atoms with Crippen LogP contribution in [0.3, 0.4) is 0 Å². The van der Waals surface area contributed by atoms with Crippen molar-refractivity contribution in [2.45, 2.75) is 44.9 Å². The Kier molecular flexibility index (Phi) is 7.74. The minimum absolute atomic E-state index is 0.0370. The van der Waals surface area contributed by atoms with Gasteiger partial charge in [-0.1, -0.05) is 18.9 Å². The lowest BCUT2D eigenvalue weighted by molar-refractivity contribution is -0.120. The predicted molar refractivity (Wildman–Crippen MR) is 119 cm³/mol. The van der Waals surface area contributed by atoms with Crippen molar-refractivity contribution in [3.63, 3.8) is 0 Å². The second-order valence-corrected chi connectivity index (χ2v) is 8.40. The van der Waals surface area contributed by atoms with Crippen molar-refractivity contribution in [2.75, 3.05) is 26.3 Å². The summed E-state index contributed by atoms with van der Waals surface area (Å²) >= 11 is 1.75. The number of rotatable bonds is 10. The van der Waals surface area contributed by atoms with E-state index in [4.69, 9.17) is 9.47 Å². The summed E-state index contributed by atoms with van der Waals surface area (Å²) in [5, 5.41) is 7.81. The highest BCUT2D eigenvalue weighted by Crippen LogP contribution is 2.42. The normalized spacial score (nSPS) is 14.9. The van der Waals surface area contributed by atoms with Crippen molar-refractivity contribution in [1.82, 2.24) is 10.6 Å². The van der Waals surface area contributed by atoms with Crippen molar-refractivity contribution < 1.29 is 19.1 Å². The third-order valence-corrected chi connectivity index (χ3v) is 6.56. The van der Waals surface area contributed by atoms with Gasteiger partial charge < -0.3 is 20.1 Å². The number of amides is 2. The summed E-state index contributed by atoms with van der Waals surface area (Å²) in [6, 6.07) is 9.26. The molecule has 3 rings (SSSR count). The van der Waals surface area contributed by atoms with E-state index < -0.39 is 0 Å². The second kappa shape index (κ2) is 10.5. The molecule has 2 N–H and O–H groups in total. The molecule has 30 heavy (non-hydrogen) atoms. The van der Waals surface area contributed by atoms with Crippen molar-refractivity contribution in [3.05, 3.63) is 46.2 Å². The molecule has 1 aromatic heterocycles. The van der Waals surface area contributed by atoms with E-state index in [1.54, 1.807) is 29.5 Å². The van der Waals surface area contributed by atoms with Gasteiger partial charge in [0.15, 0.2) is 11.5 Å². The molecule has 7 heteroatoms. The number of ether oxygens (including phenoxy) is 2. The molecule has 0 bridgehead atoms. The molecule has 0 unspecified atom stereocenters. The Morgan fingerprint density at radius 2 is 1.77 bits per heavy atom. The van der Waals surface area contributed by atoms with Crippen LogP contribution in [-0.4, -0.2) is 38.1 Å². The Bertz CT molecular complexity index is 845. The fourth-order valence-electron chi connectivity index (χ4n) is 3.93. The Balaban J connectivity index is 1.54. The highest BCUT2D eigenvalue weighted by molar-refractivity contribution is 7.10. The van der Waals surface area contributed by atoms with Crippen LogP contribution in [0.2, 0.25) is 0 Å².